The average molecular weight is 288 g/mol. The Morgan fingerprint density at radius 2 is 2.00 bits per heavy atom. The summed E-state index contributed by atoms with van der Waals surface area (Å²) in [7, 11) is 0. The van der Waals surface area contributed by atoms with Gasteiger partial charge in [-0.2, -0.15) is 0 Å². The number of nitrogens with zero attached hydrogens (tertiary/aromatic N) is 1. The van der Waals surface area contributed by atoms with Gasteiger partial charge >= 0.3 is 0 Å². The fraction of sp³-hybridized carbons (Fsp3) is 0. The van der Waals surface area contributed by atoms with E-state index in [1.165, 1.54) is 0 Å². The van der Waals surface area contributed by atoms with Crippen LogP contribution in [0.1, 0.15) is 10.6 Å². The predicted octanol–water partition coefficient (Wildman–Crippen LogP) is 4.74. The van der Waals surface area contributed by atoms with Crippen LogP contribution in [0.15, 0.2) is 48.5 Å². The van der Waals surface area contributed by atoms with Crippen molar-refractivity contribution in [2.45, 2.75) is 0 Å². The third-order valence-electron chi connectivity index (χ3n) is 2.66. The van der Waals surface area contributed by atoms with E-state index in [4.69, 9.17) is 11.6 Å². The average Bonchev–Trinajstić information content (AvgIpc) is 2.82. The lowest BCUT2D eigenvalue weighted by Gasteiger charge is -1.96. The Hall–Kier alpha value is -1.84. The number of phenols is 1. The van der Waals surface area contributed by atoms with E-state index in [0.717, 1.165) is 20.8 Å². The Balaban J connectivity index is 2.01. The number of aromatic nitrogens is 1. The van der Waals surface area contributed by atoms with Crippen LogP contribution in [0.5, 0.6) is 5.75 Å². The highest BCUT2D eigenvalue weighted by atomic mass is 35.5. The minimum absolute atomic E-state index is 0.225. The van der Waals surface area contributed by atoms with Crippen LogP contribution in [0.4, 0.5) is 0 Å². The first-order chi connectivity index (χ1) is 9.22. The number of aromatic hydroxyl groups is 1. The molecule has 2 aromatic carbocycles. The number of rotatable bonds is 2. The molecule has 1 aromatic heterocycles. The summed E-state index contributed by atoms with van der Waals surface area (Å²) in [5, 5.41) is 10.8. The number of para-hydroxylation sites is 1. The van der Waals surface area contributed by atoms with Gasteiger partial charge in [0.15, 0.2) is 0 Å². The van der Waals surface area contributed by atoms with Crippen molar-refractivity contribution < 1.29 is 5.11 Å². The van der Waals surface area contributed by atoms with Gasteiger partial charge in [0.1, 0.15) is 10.8 Å². The van der Waals surface area contributed by atoms with Gasteiger partial charge in [0.05, 0.1) is 15.2 Å². The molecule has 0 bridgehead atoms. The van der Waals surface area contributed by atoms with Gasteiger partial charge in [-0.3, -0.25) is 0 Å². The third kappa shape index (κ3) is 2.62. The Kier molecular flexibility index (Phi) is 3.23. The Labute approximate surface area is 119 Å². The van der Waals surface area contributed by atoms with Gasteiger partial charge < -0.3 is 5.11 Å². The van der Waals surface area contributed by atoms with Crippen molar-refractivity contribution in [1.29, 1.82) is 0 Å². The van der Waals surface area contributed by atoms with Gasteiger partial charge in [0.25, 0.3) is 0 Å². The van der Waals surface area contributed by atoms with Gasteiger partial charge in [-0.25, -0.2) is 4.98 Å². The maximum absolute atomic E-state index is 9.43. The highest BCUT2D eigenvalue weighted by Crippen LogP contribution is 2.30. The van der Waals surface area contributed by atoms with Gasteiger partial charge in [0, 0.05) is 0 Å². The lowest BCUT2D eigenvalue weighted by molar-refractivity contribution is 0.475. The first-order valence-electron chi connectivity index (χ1n) is 5.74. The Morgan fingerprint density at radius 3 is 2.79 bits per heavy atom. The number of thiazole rings is 1. The van der Waals surface area contributed by atoms with Crippen molar-refractivity contribution >= 4 is 44.3 Å². The molecule has 0 aliphatic rings. The van der Waals surface area contributed by atoms with E-state index in [0.29, 0.717) is 5.03 Å². The van der Waals surface area contributed by atoms with Crippen molar-refractivity contribution in [3.8, 4) is 5.75 Å². The monoisotopic (exact) mass is 287 g/mol. The quantitative estimate of drug-likeness (QED) is 0.738. The molecule has 3 aromatic rings. The molecule has 0 aliphatic heterocycles. The van der Waals surface area contributed by atoms with Crippen molar-refractivity contribution in [3.63, 3.8) is 0 Å². The van der Waals surface area contributed by atoms with Crippen molar-refractivity contribution in [3.05, 3.63) is 59.1 Å². The smallest absolute Gasteiger partial charge is 0.136 e. The molecule has 0 saturated heterocycles. The van der Waals surface area contributed by atoms with Gasteiger partial charge in [-0.1, -0.05) is 35.9 Å². The van der Waals surface area contributed by atoms with Crippen molar-refractivity contribution in [2.24, 2.45) is 0 Å². The largest absolute Gasteiger partial charge is 0.508 e. The Bertz CT molecular complexity index is 730. The van der Waals surface area contributed by atoms with E-state index in [-0.39, 0.29) is 5.75 Å². The first-order valence-corrected chi connectivity index (χ1v) is 6.94. The van der Waals surface area contributed by atoms with E-state index in [1.807, 2.05) is 30.3 Å². The second kappa shape index (κ2) is 5.03. The summed E-state index contributed by atoms with van der Waals surface area (Å²) in [6, 6.07) is 14.9. The van der Waals surface area contributed by atoms with Crippen LogP contribution in [-0.4, -0.2) is 10.1 Å². The number of fused-ring (bicyclic) bond motifs is 1. The fourth-order valence-electron chi connectivity index (χ4n) is 1.80. The lowest BCUT2D eigenvalue weighted by atomic mass is 10.2. The minimum Gasteiger partial charge on any atom is -0.508 e. The normalized spacial score (nSPS) is 11.9. The molecule has 4 heteroatoms. The molecule has 0 saturated carbocycles. The molecule has 3 rings (SSSR count). The predicted molar refractivity (Wildman–Crippen MR) is 81.5 cm³/mol. The van der Waals surface area contributed by atoms with Gasteiger partial charge in [0.2, 0.25) is 0 Å². The maximum atomic E-state index is 9.43. The maximum Gasteiger partial charge on any atom is 0.136 e. The molecule has 0 atom stereocenters. The first kappa shape index (κ1) is 12.2. The van der Waals surface area contributed by atoms with Crippen LogP contribution in [0.25, 0.3) is 21.3 Å². The molecule has 2 nitrogen and oxygen atoms in total. The summed E-state index contributed by atoms with van der Waals surface area (Å²) in [6.07, 6.45) is 1.80. The zero-order valence-corrected chi connectivity index (χ0v) is 11.4. The van der Waals surface area contributed by atoms with Crippen molar-refractivity contribution in [2.75, 3.05) is 0 Å². The summed E-state index contributed by atoms with van der Waals surface area (Å²) >= 11 is 7.85. The number of benzene rings is 2. The summed E-state index contributed by atoms with van der Waals surface area (Å²) in [5.41, 5.74) is 1.80. The number of hydrogen-bond donors (Lipinski definition) is 1. The Morgan fingerprint density at radius 1 is 1.16 bits per heavy atom. The topological polar surface area (TPSA) is 33.1 Å². The van der Waals surface area contributed by atoms with E-state index < -0.39 is 0 Å². The van der Waals surface area contributed by atoms with Crippen molar-refractivity contribution in [1.82, 2.24) is 4.98 Å². The zero-order valence-electron chi connectivity index (χ0n) is 9.88. The molecule has 0 fully saturated rings. The molecule has 0 aliphatic carbocycles. The fourth-order valence-corrected chi connectivity index (χ4v) is 2.95. The van der Waals surface area contributed by atoms with E-state index in [1.54, 1.807) is 35.6 Å². The van der Waals surface area contributed by atoms with E-state index >= 15 is 0 Å². The molecular formula is C15H10ClNOS. The summed E-state index contributed by atoms with van der Waals surface area (Å²) in [6.45, 7) is 0. The highest BCUT2D eigenvalue weighted by Gasteiger charge is 2.06. The molecule has 94 valence electrons. The molecule has 1 N–H and O–H groups in total. The van der Waals surface area contributed by atoms with Crippen LogP contribution >= 0.6 is 22.9 Å². The lowest BCUT2D eigenvalue weighted by Crippen LogP contribution is -1.76. The zero-order chi connectivity index (χ0) is 13.2. The molecule has 1 heterocycles. The molecule has 0 amide bonds. The molecule has 0 radical (unpaired) electrons. The van der Waals surface area contributed by atoms with E-state index in [2.05, 4.69) is 4.98 Å². The van der Waals surface area contributed by atoms with E-state index in [9.17, 15) is 5.11 Å². The molecule has 0 unspecified atom stereocenters. The van der Waals surface area contributed by atoms with Crippen LogP contribution < -0.4 is 0 Å². The SMILES string of the molecule is Oc1cccc(/C=C(\Cl)c2nc3ccccc3s2)c1. The van der Waals surface area contributed by atoms with Crippen LogP contribution in [0.2, 0.25) is 0 Å². The van der Waals surface area contributed by atoms with Crippen LogP contribution in [0, 0.1) is 0 Å². The third-order valence-corrected chi connectivity index (χ3v) is 4.13. The second-order valence-electron chi connectivity index (χ2n) is 4.07. The summed E-state index contributed by atoms with van der Waals surface area (Å²) < 4.78 is 1.11. The number of phenolic OH excluding ortho intramolecular Hbond substituents is 1. The molecular weight excluding hydrogens is 278 g/mol. The standard InChI is InChI=1S/C15H10ClNOS/c16-12(9-10-4-3-5-11(18)8-10)15-17-13-6-1-2-7-14(13)19-15/h1-9,18H/b12-9-. The van der Waals surface area contributed by atoms with Crippen LogP contribution in [-0.2, 0) is 0 Å². The van der Waals surface area contributed by atoms with Gasteiger partial charge in [-0.15, -0.1) is 11.3 Å². The minimum atomic E-state index is 0.225. The molecule has 19 heavy (non-hydrogen) atoms. The van der Waals surface area contributed by atoms with Crippen LogP contribution in [0.3, 0.4) is 0 Å². The summed E-state index contributed by atoms with van der Waals surface area (Å²) in [4.78, 5) is 4.49. The number of halogens is 1. The van der Waals surface area contributed by atoms with Gasteiger partial charge in [-0.05, 0) is 35.9 Å². The number of hydrogen-bond acceptors (Lipinski definition) is 3. The summed E-state index contributed by atoms with van der Waals surface area (Å²) in [5.74, 6) is 0.225. The molecule has 0 spiro atoms. The second-order valence-corrected chi connectivity index (χ2v) is 5.51. The highest BCUT2D eigenvalue weighted by molar-refractivity contribution is 7.20.